The highest BCUT2D eigenvalue weighted by molar-refractivity contribution is 7.17. The Morgan fingerprint density at radius 1 is 1.32 bits per heavy atom. The molecule has 0 unspecified atom stereocenters. The van der Waals surface area contributed by atoms with Gasteiger partial charge in [0.2, 0.25) is 0 Å². The van der Waals surface area contributed by atoms with Crippen molar-refractivity contribution < 1.29 is 9.18 Å². The van der Waals surface area contributed by atoms with Crippen LogP contribution in [-0.2, 0) is 0 Å². The van der Waals surface area contributed by atoms with Gasteiger partial charge in [0, 0.05) is 17.6 Å². The van der Waals surface area contributed by atoms with Crippen molar-refractivity contribution in [3.05, 3.63) is 40.8 Å². The van der Waals surface area contributed by atoms with Crippen molar-refractivity contribution >= 4 is 17.2 Å². The Morgan fingerprint density at radius 2 is 2.04 bits per heavy atom. The third-order valence-electron chi connectivity index (χ3n) is 5.58. The molecule has 2 atom stereocenters. The number of piperidine rings is 3. The zero-order valence-corrected chi connectivity index (χ0v) is 15.3. The fraction of sp³-hybridized carbons (Fsp3) is 0.474. The topological polar surface area (TPSA) is 45.2 Å². The Bertz CT molecular complexity index is 796. The van der Waals surface area contributed by atoms with E-state index in [0.29, 0.717) is 28.2 Å². The molecule has 2 bridgehead atoms. The molecule has 3 aliphatic heterocycles. The van der Waals surface area contributed by atoms with Crippen LogP contribution in [0.1, 0.15) is 35.3 Å². The number of aryl methyl sites for hydroxylation is 1. The molecule has 0 radical (unpaired) electrons. The Morgan fingerprint density at radius 3 is 2.72 bits per heavy atom. The van der Waals surface area contributed by atoms with E-state index < -0.39 is 0 Å². The number of carbonyl (C=O) groups is 1. The number of nitrogens with one attached hydrogen (secondary N) is 1. The van der Waals surface area contributed by atoms with Gasteiger partial charge >= 0.3 is 0 Å². The number of amides is 1. The van der Waals surface area contributed by atoms with Gasteiger partial charge in [-0.15, -0.1) is 11.3 Å². The lowest BCUT2D eigenvalue weighted by atomic mass is 9.79. The Kier molecular flexibility index (Phi) is 4.33. The van der Waals surface area contributed by atoms with Crippen molar-refractivity contribution in [1.82, 2.24) is 15.2 Å². The van der Waals surface area contributed by atoms with E-state index in [1.54, 1.807) is 18.2 Å². The molecule has 132 valence electrons. The molecule has 0 spiro atoms. The van der Waals surface area contributed by atoms with Gasteiger partial charge in [0.1, 0.15) is 5.82 Å². The maximum Gasteiger partial charge on any atom is 0.280 e. The molecule has 1 aromatic carbocycles. The molecule has 3 aliphatic rings. The standard InChI is InChI=1S/C19H22FN3OS/c1-11-17(14-5-3-4-6-15(14)20)25-19(21-11)18(24)22-16-12(2)23-9-7-13(16)8-10-23/h3-6,12-13,16H,7-10H2,1-2H3,(H,22,24)/t12-,16-/m0/s1. The second kappa shape index (κ2) is 6.50. The number of nitrogens with zero attached hydrogens (tertiary/aromatic N) is 2. The zero-order valence-electron chi connectivity index (χ0n) is 14.5. The molecule has 3 saturated heterocycles. The fourth-order valence-corrected chi connectivity index (χ4v) is 5.14. The van der Waals surface area contributed by atoms with Gasteiger partial charge in [-0.05, 0) is 51.8 Å². The number of hydrogen-bond donors (Lipinski definition) is 1. The number of benzene rings is 1. The molecule has 4 heterocycles. The number of thiazole rings is 1. The normalized spacial score (nSPS) is 28.1. The molecule has 6 heteroatoms. The van der Waals surface area contributed by atoms with Gasteiger partial charge in [-0.25, -0.2) is 9.37 Å². The van der Waals surface area contributed by atoms with Crippen molar-refractivity contribution in [2.75, 3.05) is 13.1 Å². The third-order valence-corrected chi connectivity index (χ3v) is 6.77. The molecule has 0 aliphatic carbocycles. The second-order valence-electron chi connectivity index (χ2n) is 7.03. The molecule has 4 nitrogen and oxygen atoms in total. The van der Waals surface area contributed by atoms with E-state index in [2.05, 4.69) is 22.1 Å². The molecule has 2 aromatic rings. The molecular formula is C19H22FN3OS. The van der Waals surface area contributed by atoms with Gasteiger partial charge in [0.05, 0.1) is 10.6 Å². The summed E-state index contributed by atoms with van der Waals surface area (Å²) in [5, 5.41) is 3.61. The minimum Gasteiger partial charge on any atom is -0.345 e. The van der Waals surface area contributed by atoms with Gasteiger partial charge in [-0.3, -0.25) is 9.69 Å². The van der Waals surface area contributed by atoms with Crippen LogP contribution in [-0.4, -0.2) is 41.0 Å². The second-order valence-corrected chi connectivity index (χ2v) is 8.03. The van der Waals surface area contributed by atoms with E-state index in [4.69, 9.17) is 0 Å². The van der Waals surface area contributed by atoms with Crippen molar-refractivity contribution in [3.8, 4) is 10.4 Å². The SMILES string of the molecule is Cc1nc(C(=O)N[C@@H]2C3CCN(CC3)[C@H]2C)sc1-c1ccccc1F. The molecule has 3 fully saturated rings. The van der Waals surface area contributed by atoms with Crippen molar-refractivity contribution in [2.24, 2.45) is 5.92 Å². The van der Waals surface area contributed by atoms with E-state index in [-0.39, 0.29) is 17.8 Å². The quantitative estimate of drug-likeness (QED) is 0.913. The first kappa shape index (κ1) is 16.7. The van der Waals surface area contributed by atoms with Gasteiger partial charge in [0.25, 0.3) is 5.91 Å². The van der Waals surface area contributed by atoms with Gasteiger partial charge in [0.15, 0.2) is 5.01 Å². The molecule has 1 amide bonds. The molecule has 25 heavy (non-hydrogen) atoms. The molecular weight excluding hydrogens is 337 g/mol. The van der Waals surface area contributed by atoms with Crippen LogP contribution in [0, 0.1) is 18.7 Å². The van der Waals surface area contributed by atoms with E-state index in [9.17, 15) is 9.18 Å². The number of aromatic nitrogens is 1. The van der Waals surface area contributed by atoms with Crippen LogP contribution in [0.4, 0.5) is 4.39 Å². The summed E-state index contributed by atoms with van der Waals surface area (Å²) in [6.45, 7) is 6.28. The van der Waals surface area contributed by atoms with E-state index >= 15 is 0 Å². The summed E-state index contributed by atoms with van der Waals surface area (Å²) < 4.78 is 14.1. The number of halogens is 1. The Hall–Kier alpha value is -1.79. The highest BCUT2D eigenvalue weighted by atomic mass is 32.1. The molecule has 0 saturated carbocycles. The van der Waals surface area contributed by atoms with Crippen LogP contribution in [0.25, 0.3) is 10.4 Å². The highest BCUT2D eigenvalue weighted by Gasteiger charge is 2.40. The predicted octanol–water partition coefficient (Wildman–Crippen LogP) is 3.47. The summed E-state index contributed by atoms with van der Waals surface area (Å²) in [6.07, 6.45) is 2.29. The van der Waals surface area contributed by atoms with E-state index in [0.717, 1.165) is 30.8 Å². The Balaban J connectivity index is 1.56. The first-order valence-corrected chi connectivity index (χ1v) is 9.63. The van der Waals surface area contributed by atoms with Crippen LogP contribution in [0.3, 0.4) is 0 Å². The zero-order chi connectivity index (χ0) is 17.6. The summed E-state index contributed by atoms with van der Waals surface area (Å²) >= 11 is 1.27. The molecule has 1 N–H and O–H groups in total. The summed E-state index contributed by atoms with van der Waals surface area (Å²) in [5.41, 5.74) is 1.20. The van der Waals surface area contributed by atoms with Crippen molar-refractivity contribution in [2.45, 2.75) is 38.8 Å². The predicted molar refractivity (Wildman–Crippen MR) is 97.3 cm³/mol. The summed E-state index contributed by atoms with van der Waals surface area (Å²) in [4.78, 5) is 20.3. The number of fused-ring (bicyclic) bond motifs is 3. The number of carbonyl (C=O) groups excluding carboxylic acids is 1. The minimum absolute atomic E-state index is 0.138. The summed E-state index contributed by atoms with van der Waals surface area (Å²) in [6, 6.07) is 7.17. The van der Waals surface area contributed by atoms with Crippen LogP contribution in [0.5, 0.6) is 0 Å². The number of rotatable bonds is 3. The van der Waals surface area contributed by atoms with Gasteiger partial charge in [-0.2, -0.15) is 0 Å². The summed E-state index contributed by atoms with van der Waals surface area (Å²) in [5.74, 6) is 0.129. The first-order valence-electron chi connectivity index (χ1n) is 8.82. The average Bonchev–Trinajstić information content (AvgIpc) is 3.00. The van der Waals surface area contributed by atoms with E-state index in [1.165, 1.54) is 17.4 Å². The fourth-order valence-electron chi connectivity index (χ4n) is 4.15. The van der Waals surface area contributed by atoms with Crippen LogP contribution in [0.15, 0.2) is 24.3 Å². The van der Waals surface area contributed by atoms with Crippen LogP contribution < -0.4 is 5.32 Å². The molecule has 1 aromatic heterocycles. The smallest absolute Gasteiger partial charge is 0.280 e. The molecule has 5 rings (SSSR count). The lowest BCUT2D eigenvalue weighted by Gasteiger charge is -2.49. The highest BCUT2D eigenvalue weighted by Crippen LogP contribution is 2.34. The number of hydrogen-bond acceptors (Lipinski definition) is 4. The van der Waals surface area contributed by atoms with Crippen LogP contribution >= 0.6 is 11.3 Å². The maximum absolute atomic E-state index is 14.1. The average molecular weight is 359 g/mol. The first-order chi connectivity index (χ1) is 12.0. The minimum atomic E-state index is -0.285. The van der Waals surface area contributed by atoms with Crippen LogP contribution in [0.2, 0.25) is 0 Å². The van der Waals surface area contributed by atoms with Crippen molar-refractivity contribution in [3.63, 3.8) is 0 Å². The largest absolute Gasteiger partial charge is 0.345 e. The monoisotopic (exact) mass is 359 g/mol. The van der Waals surface area contributed by atoms with Gasteiger partial charge < -0.3 is 5.32 Å². The van der Waals surface area contributed by atoms with E-state index in [1.807, 2.05) is 6.92 Å². The Labute approximate surface area is 151 Å². The summed E-state index contributed by atoms with van der Waals surface area (Å²) in [7, 11) is 0. The van der Waals surface area contributed by atoms with Crippen molar-refractivity contribution in [1.29, 1.82) is 0 Å². The lowest BCUT2D eigenvalue weighted by molar-refractivity contribution is 0.0217. The lowest BCUT2D eigenvalue weighted by Crippen LogP contribution is -2.62. The maximum atomic E-state index is 14.1. The van der Waals surface area contributed by atoms with Gasteiger partial charge in [-0.1, -0.05) is 18.2 Å². The third kappa shape index (κ3) is 2.98.